The first-order chi connectivity index (χ1) is 15.3. The summed E-state index contributed by atoms with van der Waals surface area (Å²) in [5.41, 5.74) is 4.58. The van der Waals surface area contributed by atoms with Crippen LogP contribution in [-0.4, -0.2) is 41.8 Å². The Bertz CT molecular complexity index is 942. The number of carboxylic acids is 1. The number of carbonyl (C=O) groups excluding carboxylic acids is 2. The molecule has 1 aliphatic rings. The highest BCUT2D eigenvalue weighted by Gasteiger charge is 2.29. The van der Waals surface area contributed by atoms with Crippen molar-refractivity contribution in [2.45, 2.75) is 51.6 Å². The number of amides is 2. The fourth-order valence-electron chi connectivity index (χ4n) is 4.09. The Kier molecular flexibility index (Phi) is 7.51. The maximum absolute atomic E-state index is 12.5. The molecule has 0 fully saturated rings. The summed E-state index contributed by atoms with van der Waals surface area (Å²) in [7, 11) is 0. The van der Waals surface area contributed by atoms with Crippen LogP contribution in [0.25, 0.3) is 11.1 Å². The van der Waals surface area contributed by atoms with Gasteiger partial charge in [0.2, 0.25) is 5.91 Å². The zero-order valence-corrected chi connectivity index (χ0v) is 18.6. The second-order valence-electron chi connectivity index (χ2n) is 8.59. The van der Waals surface area contributed by atoms with E-state index in [9.17, 15) is 14.4 Å². The van der Waals surface area contributed by atoms with Crippen molar-refractivity contribution in [3.63, 3.8) is 0 Å². The number of alkyl carbamates (subject to hydrolysis) is 1. The van der Waals surface area contributed by atoms with Crippen LogP contribution >= 0.6 is 0 Å². The molecule has 0 aliphatic heterocycles. The number of nitrogens with one attached hydrogen (secondary N) is 2. The molecule has 0 saturated heterocycles. The molecule has 32 heavy (non-hydrogen) atoms. The number of hydrogen-bond acceptors (Lipinski definition) is 4. The summed E-state index contributed by atoms with van der Waals surface area (Å²) >= 11 is 0. The monoisotopic (exact) mass is 438 g/mol. The fraction of sp³-hybridized carbons (Fsp3) is 0.400. The van der Waals surface area contributed by atoms with Gasteiger partial charge in [-0.05, 0) is 35.1 Å². The van der Waals surface area contributed by atoms with Crippen molar-refractivity contribution in [2.24, 2.45) is 5.92 Å². The molecule has 3 N–H and O–H groups in total. The normalized spacial score (nSPS) is 14.2. The molecule has 2 amide bonds. The van der Waals surface area contributed by atoms with E-state index in [1.165, 1.54) is 0 Å². The highest BCUT2D eigenvalue weighted by atomic mass is 16.5. The highest BCUT2D eigenvalue weighted by molar-refractivity contribution is 5.80. The lowest BCUT2D eigenvalue weighted by molar-refractivity contribution is -0.137. The van der Waals surface area contributed by atoms with Crippen LogP contribution in [0.5, 0.6) is 0 Å². The molecule has 2 atom stereocenters. The largest absolute Gasteiger partial charge is 0.481 e. The van der Waals surface area contributed by atoms with Gasteiger partial charge in [-0.2, -0.15) is 0 Å². The summed E-state index contributed by atoms with van der Waals surface area (Å²) in [6, 6.07) is 15.3. The average molecular weight is 439 g/mol. The van der Waals surface area contributed by atoms with Gasteiger partial charge in [0, 0.05) is 24.4 Å². The van der Waals surface area contributed by atoms with Crippen molar-refractivity contribution >= 4 is 18.0 Å². The molecule has 0 saturated carbocycles. The minimum Gasteiger partial charge on any atom is -0.481 e. The predicted octanol–water partition coefficient (Wildman–Crippen LogP) is 3.92. The summed E-state index contributed by atoms with van der Waals surface area (Å²) in [5, 5.41) is 14.3. The Balaban J connectivity index is 1.58. The van der Waals surface area contributed by atoms with Gasteiger partial charge >= 0.3 is 12.1 Å². The summed E-state index contributed by atoms with van der Waals surface area (Å²) < 4.78 is 5.58. The molecule has 0 heterocycles. The minimum absolute atomic E-state index is 0.00369. The number of fused-ring (bicyclic) bond motifs is 3. The molecule has 3 rings (SSSR count). The Morgan fingerprint density at radius 3 is 2.00 bits per heavy atom. The second-order valence-corrected chi connectivity index (χ2v) is 8.59. The lowest BCUT2D eigenvalue weighted by Crippen LogP contribution is -2.44. The van der Waals surface area contributed by atoms with Gasteiger partial charge in [0.1, 0.15) is 6.61 Å². The van der Waals surface area contributed by atoms with Crippen LogP contribution in [0.2, 0.25) is 0 Å². The number of benzene rings is 2. The van der Waals surface area contributed by atoms with Crippen LogP contribution in [0.4, 0.5) is 4.79 Å². The molecular formula is C25H30N2O5. The summed E-state index contributed by atoms with van der Waals surface area (Å²) in [6.07, 6.45) is -0.680. The summed E-state index contributed by atoms with van der Waals surface area (Å²) in [4.78, 5) is 35.6. The molecule has 170 valence electrons. The van der Waals surface area contributed by atoms with Gasteiger partial charge in [-0.25, -0.2) is 4.79 Å². The molecule has 0 radical (unpaired) electrons. The van der Waals surface area contributed by atoms with E-state index < -0.39 is 24.1 Å². The van der Waals surface area contributed by atoms with E-state index in [4.69, 9.17) is 9.84 Å². The third-order valence-corrected chi connectivity index (χ3v) is 5.75. The van der Waals surface area contributed by atoms with Gasteiger partial charge in [-0.15, -0.1) is 0 Å². The van der Waals surface area contributed by atoms with Crippen LogP contribution in [0.15, 0.2) is 48.5 Å². The van der Waals surface area contributed by atoms with Crippen molar-refractivity contribution in [2.75, 3.05) is 6.61 Å². The molecule has 2 aromatic rings. The van der Waals surface area contributed by atoms with Gasteiger partial charge in [-0.3, -0.25) is 9.59 Å². The maximum atomic E-state index is 12.5. The molecule has 7 nitrogen and oxygen atoms in total. The lowest BCUT2D eigenvalue weighted by Gasteiger charge is -2.23. The second kappa shape index (κ2) is 10.3. The third kappa shape index (κ3) is 5.66. The fourth-order valence-corrected chi connectivity index (χ4v) is 4.09. The van der Waals surface area contributed by atoms with Crippen molar-refractivity contribution in [3.8, 4) is 11.1 Å². The zero-order valence-electron chi connectivity index (χ0n) is 18.6. The standard InChI is InChI=1S/C25H30N2O5/c1-15(2)22(13-23(28)26-16(3)12-24(29)30)27-25(31)32-14-21-19-10-6-4-8-17(19)18-9-5-7-11-20(18)21/h4-11,15-16,21-22H,12-14H2,1-3H3,(H,26,28)(H,27,31)(H,29,30)/t16-,22?/m1/s1. The van der Waals surface area contributed by atoms with Gasteiger partial charge in [0.15, 0.2) is 0 Å². The number of carbonyl (C=O) groups is 3. The van der Waals surface area contributed by atoms with E-state index in [-0.39, 0.29) is 37.2 Å². The van der Waals surface area contributed by atoms with Crippen molar-refractivity contribution in [3.05, 3.63) is 59.7 Å². The van der Waals surface area contributed by atoms with E-state index in [0.29, 0.717) is 0 Å². The van der Waals surface area contributed by atoms with Crippen LogP contribution in [-0.2, 0) is 14.3 Å². The number of ether oxygens (including phenoxy) is 1. The Morgan fingerprint density at radius 2 is 1.47 bits per heavy atom. The zero-order chi connectivity index (χ0) is 23.3. The molecule has 0 aromatic heterocycles. The minimum atomic E-state index is -0.977. The van der Waals surface area contributed by atoms with E-state index in [1.54, 1.807) is 6.92 Å². The molecular weight excluding hydrogens is 408 g/mol. The maximum Gasteiger partial charge on any atom is 0.407 e. The van der Waals surface area contributed by atoms with E-state index >= 15 is 0 Å². The van der Waals surface area contributed by atoms with Gasteiger partial charge in [0.25, 0.3) is 0 Å². The quantitative estimate of drug-likeness (QED) is 0.550. The van der Waals surface area contributed by atoms with Gasteiger partial charge in [-0.1, -0.05) is 62.4 Å². The SMILES string of the molecule is CC(C)C(CC(=O)N[C@H](C)CC(=O)O)NC(=O)OCC1c2ccccc2-c2ccccc21. The van der Waals surface area contributed by atoms with Crippen molar-refractivity contribution in [1.29, 1.82) is 0 Å². The topological polar surface area (TPSA) is 105 Å². The Morgan fingerprint density at radius 1 is 0.906 bits per heavy atom. The van der Waals surface area contributed by atoms with Crippen molar-refractivity contribution < 1.29 is 24.2 Å². The third-order valence-electron chi connectivity index (χ3n) is 5.75. The first kappa shape index (κ1) is 23.3. The highest BCUT2D eigenvalue weighted by Crippen LogP contribution is 2.44. The van der Waals surface area contributed by atoms with Crippen LogP contribution in [0, 0.1) is 5.92 Å². The number of rotatable bonds is 9. The molecule has 1 unspecified atom stereocenters. The summed E-state index contributed by atoms with van der Waals surface area (Å²) in [5.74, 6) is -1.33. The Hall–Kier alpha value is -3.35. The van der Waals surface area contributed by atoms with Gasteiger partial charge in [0.05, 0.1) is 6.42 Å². The summed E-state index contributed by atoms with van der Waals surface area (Å²) in [6.45, 7) is 5.65. The first-order valence-corrected chi connectivity index (χ1v) is 10.9. The van der Waals surface area contributed by atoms with Crippen molar-refractivity contribution in [1.82, 2.24) is 10.6 Å². The Labute approximate surface area is 188 Å². The smallest absolute Gasteiger partial charge is 0.407 e. The predicted molar refractivity (Wildman–Crippen MR) is 121 cm³/mol. The average Bonchev–Trinajstić information content (AvgIpc) is 3.05. The number of aliphatic carboxylic acids is 1. The van der Waals surface area contributed by atoms with Crippen LogP contribution in [0.3, 0.4) is 0 Å². The molecule has 0 spiro atoms. The number of carboxylic acid groups (broad SMARTS) is 1. The van der Waals surface area contributed by atoms with E-state index in [0.717, 1.165) is 22.3 Å². The molecule has 2 aromatic carbocycles. The molecule has 1 aliphatic carbocycles. The van der Waals surface area contributed by atoms with E-state index in [2.05, 4.69) is 34.9 Å². The molecule has 0 bridgehead atoms. The molecule has 7 heteroatoms. The van der Waals surface area contributed by atoms with Gasteiger partial charge < -0.3 is 20.5 Å². The lowest BCUT2D eigenvalue weighted by atomic mass is 9.98. The number of hydrogen-bond donors (Lipinski definition) is 3. The van der Waals surface area contributed by atoms with Crippen LogP contribution in [0.1, 0.15) is 50.7 Å². The van der Waals surface area contributed by atoms with E-state index in [1.807, 2.05) is 38.1 Å². The first-order valence-electron chi connectivity index (χ1n) is 10.9. The van der Waals surface area contributed by atoms with Crippen LogP contribution < -0.4 is 10.6 Å².